The van der Waals surface area contributed by atoms with Gasteiger partial charge in [0, 0.05) is 17.0 Å². The normalized spacial score (nSPS) is 11.7. The smallest absolute Gasteiger partial charge is 0.226 e. The molecule has 2 N–H and O–H groups in total. The van der Waals surface area contributed by atoms with Crippen molar-refractivity contribution in [3.05, 3.63) is 35.2 Å². The van der Waals surface area contributed by atoms with Crippen molar-refractivity contribution in [1.82, 2.24) is 10.1 Å². The maximum atomic E-state index is 10.8. The number of primary sulfonamides is 1. The Labute approximate surface area is 115 Å². The lowest BCUT2D eigenvalue weighted by molar-refractivity contribution is 0.378. The number of nitrogens with two attached hydrogens (primary N) is 1. The van der Waals surface area contributed by atoms with Crippen LogP contribution in [0.15, 0.2) is 28.8 Å². The minimum atomic E-state index is -3.45. The summed E-state index contributed by atoms with van der Waals surface area (Å²) in [7, 11) is -3.45. The van der Waals surface area contributed by atoms with E-state index in [1.165, 1.54) is 0 Å². The van der Waals surface area contributed by atoms with E-state index in [2.05, 4.69) is 10.1 Å². The second-order valence-corrected chi connectivity index (χ2v) is 6.16. The Morgan fingerprint density at radius 2 is 2.16 bits per heavy atom. The highest BCUT2D eigenvalue weighted by atomic mass is 35.5. The Hall–Kier alpha value is -1.44. The molecule has 0 radical (unpaired) electrons. The quantitative estimate of drug-likeness (QED) is 0.904. The van der Waals surface area contributed by atoms with Gasteiger partial charge in [0.15, 0.2) is 0 Å². The number of nitrogens with zero attached hydrogens (tertiary/aromatic N) is 2. The number of aryl methyl sites for hydroxylation is 1. The molecule has 2 rings (SSSR count). The second-order valence-electron chi connectivity index (χ2n) is 3.99. The van der Waals surface area contributed by atoms with Gasteiger partial charge in [-0.25, -0.2) is 13.6 Å². The molecule has 0 unspecified atom stereocenters. The Kier molecular flexibility index (Phi) is 4.18. The van der Waals surface area contributed by atoms with Crippen LogP contribution in [0.4, 0.5) is 0 Å². The highest BCUT2D eigenvalue weighted by Crippen LogP contribution is 2.20. The van der Waals surface area contributed by atoms with Gasteiger partial charge in [0.2, 0.25) is 21.7 Å². The SMILES string of the molecule is NS(=O)(=O)CCCc1nc(-c2cccc(Cl)c2)no1. The van der Waals surface area contributed by atoms with Crippen molar-refractivity contribution in [2.45, 2.75) is 12.8 Å². The maximum Gasteiger partial charge on any atom is 0.226 e. The predicted molar refractivity (Wildman–Crippen MR) is 71.0 cm³/mol. The molecule has 0 bridgehead atoms. The molecule has 0 saturated carbocycles. The Morgan fingerprint density at radius 3 is 2.84 bits per heavy atom. The zero-order chi connectivity index (χ0) is 13.9. The Morgan fingerprint density at radius 1 is 1.37 bits per heavy atom. The zero-order valence-corrected chi connectivity index (χ0v) is 11.5. The van der Waals surface area contributed by atoms with Gasteiger partial charge in [-0.15, -0.1) is 0 Å². The Balaban J connectivity index is 2.03. The van der Waals surface area contributed by atoms with E-state index in [-0.39, 0.29) is 5.75 Å². The van der Waals surface area contributed by atoms with Crippen LogP contribution in [0.25, 0.3) is 11.4 Å². The number of halogens is 1. The summed E-state index contributed by atoms with van der Waals surface area (Å²) < 4.78 is 26.6. The minimum absolute atomic E-state index is 0.109. The first-order valence-corrected chi connectivity index (χ1v) is 7.62. The molecule has 6 nitrogen and oxygen atoms in total. The van der Waals surface area contributed by atoms with E-state index in [1.807, 2.05) is 6.07 Å². The number of sulfonamides is 1. The first-order valence-electron chi connectivity index (χ1n) is 5.53. The summed E-state index contributed by atoms with van der Waals surface area (Å²) in [6.45, 7) is 0. The number of hydrogen-bond acceptors (Lipinski definition) is 5. The van der Waals surface area contributed by atoms with Crippen molar-refractivity contribution < 1.29 is 12.9 Å². The fourth-order valence-electron chi connectivity index (χ4n) is 1.53. The molecular weight excluding hydrogens is 290 g/mol. The highest BCUT2D eigenvalue weighted by molar-refractivity contribution is 7.89. The third kappa shape index (κ3) is 4.30. The van der Waals surface area contributed by atoms with E-state index >= 15 is 0 Å². The van der Waals surface area contributed by atoms with Crippen molar-refractivity contribution in [1.29, 1.82) is 0 Å². The lowest BCUT2D eigenvalue weighted by Crippen LogP contribution is -2.16. The summed E-state index contributed by atoms with van der Waals surface area (Å²) in [6, 6.07) is 7.07. The first kappa shape index (κ1) is 14.0. The van der Waals surface area contributed by atoms with Crippen LogP contribution in [0.1, 0.15) is 12.3 Å². The molecule has 1 aromatic carbocycles. The van der Waals surface area contributed by atoms with Crippen LogP contribution in [-0.2, 0) is 16.4 Å². The Bertz CT molecular complexity index is 669. The fourth-order valence-corrected chi connectivity index (χ4v) is 2.26. The van der Waals surface area contributed by atoms with Gasteiger partial charge in [-0.3, -0.25) is 0 Å². The van der Waals surface area contributed by atoms with Crippen molar-refractivity contribution in [2.75, 3.05) is 5.75 Å². The van der Waals surface area contributed by atoms with E-state index in [0.717, 1.165) is 5.56 Å². The average Bonchev–Trinajstić information content (AvgIpc) is 2.76. The van der Waals surface area contributed by atoms with Gasteiger partial charge in [0.05, 0.1) is 5.75 Å². The number of rotatable bonds is 5. The molecule has 102 valence electrons. The van der Waals surface area contributed by atoms with Crippen LogP contribution in [0.3, 0.4) is 0 Å². The molecule has 19 heavy (non-hydrogen) atoms. The zero-order valence-electron chi connectivity index (χ0n) is 9.91. The molecular formula is C11H12ClN3O3S. The first-order chi connectivity index (χ1) is 8.94. The van der Waals surface area contributed by atoms with Gasteiger partial charge < -0.3 is 4.52 Å². The molecule has 1 aromatic heterocycles. The average molecular weight is 302 g/mol. The number of benzene rings is 1. The molecule has 2 aromatic rings. The van der Waals surface area contributed by atoms with Crippen LogP contribution in [0.2, 0.25) is 5.02 Å². The summed E-state index contributed by atoms with van der Waals surface area (Å²) in [5.74, 6) is 0.689. The van der Waals surface area contributed by atoms with E-state index in [1.54, 1.807) is 18.2 Å². The summed E-state index contributed by atoms with van der Waals surface area (Å²) >= 11 is 5.87. The monoisotopic (exact) mass is 301 g/mol. The van der Waals surface area contributed by atoms with Gasteiger partial charge in [-0.05, 0) is 18.6 Å². The third-order valence-corrected chi connectivity index (χ3v) is 3.46. The third-order valence-electron chi connectivity index (χ3n) is 2.37. The van der Waals surface area contributed by atoms with E-state index < -0.39 is 10.0 Å². The van der Waals surface area contributed by atoms with Crippen LogP contribution in [0, 0.1) is 0 Å². The van der Waals surface area contributed by atoms with Crippen molar-refractivity contribution in [3.8, 4) is 11.4 Å². The molecule has 0 aliphatic heterocycles. The molecule has 0 aliphatic carbocycles. The summed E-state index contributed by atoms with van der Waals surface area (Å²) in [5, 5.41) is 9.30. The number of aromatic nitrogens is 2. The predicted octanol–water partition coefficient (Wildman–Crippen LogP) is 1.61. The van der Waals surface area contributed by atoms with Crippen LogP contribution >= 0.6 is 11.6 Å². The van der Waals surface area contributed by atoms with Crippen molar-refractivity contribution >= 4 is 21.6 Å². The van der Waals surface area contributed by atoms with Crippen molar-refractivity contribution in [3.63, 3.8) is 0 Å². The van der Waals surface area contributed by atoms with Crippen LogP contribution in [0.5, 0.6) is 0 Å². The molecule has 0 fully saturated rings. The molecule has 1 heterocycles. The second kappa shape index (κ2) is 5.68. The van der Waals surface area contributed by atoms with Crippen molar-refractivity contribution in [2.24, 2.45) is 5.14 Å². The molecule has 0 atom stereocenters. The van der Waals surface area contributed by atoms with E-state index in [4.69, 9.17) is 21.3 Å². The minimum Gasteiger partial charge on any atom is -0.339 e. The highest BCUT2D eigenvalue weighted by Gasteiger charge is 2.10. The van der Waals surface area contributed by atoms with Gasteiger partial charge >= 0.3 is 0 Å². The fraction of sp³-hybridized carbons (Fsp3) is 0.273. The molecule has 0 saturated heterocycles. The lowest BCUT2D eigenvalue weighted by Gasteiger charge is -1.95. The molecule has 0 amide bonds. The summed E-state index contributed by atoms with van der Waals surface area (Å²) in [6.07, 6.45) is 0.708. The van der Waals surface area contributed by atoms with E-state index in [9.17, 15) is 8.42 Å². The largest absolute Gasteiger partial charge is 0.339 e. The standard InChI is InChI=1S/C11H12ClN3O3S/c12-9-4-1-3-8(7-9)11-14-10(18-15-11)5-2-6-19(13,16)17/h1,3-4,7H,2,5-6H2,(H2,13,16,17). The molecule has 8 heteroatoms. The van der Waals surface area contributed by atoms with Crippen LogP contribution < -0.4 is 5.14 Å². The van der Waals surface area contributed by atoms with E-state index in [0.29, 0.717) is 29.6 Å². The van der Waals surface area contributed by atoms with Gasteiger partial charge in [0.25, 0.3) is 0 Å². The topological polar surface area (TPSA) is 99.1 Å². The lowest BCUT2D eigenvalue weighted by atomic mass is 10.2. The van der Waals surface area contributed by atoms with Crippen LogP contribution in [-0.4, -0.2) is 24.3 Å². The molecule has 0 spiro atoms. The number of hydrogen-bond donors (Lipinski definition) is 1. The summed E-state index contributed by atoms with van der Waals surface area (Å²) in [5.41, 5.74) is 0.744. The van der Waals surface area contributed by atoms with Gasteiger partial charge in [-0.1, -0.05) is 28.9 Å². The van der Waals surface area contributed by atoms with Gasteiger partial charge in [-0.2, -0.15) is 4.98 Å². The maximum absolute atomic E-state index is 10.8. The molecule has 0 aliphatic rings. The van der Waals surface area contributed by atoms with Gasteiger partial charge in [0.1, 0.15) is 0 Å². The summed E-state index contributed by atoms with van der Waals surface area (Å²) in [4.78, 5) is 4.17.